The molecule has 2 rings (SSSR count). The van der Waals surface area contributed by atoms with Gasteiger partial charge in [-0.05, 0) is 24.1 Å². The van der Waals surface area contributed by atoms with Gasteiger partial charge in [-0.3, -0.25) is 0 Å². The second-order valence-corrected chi connectivity index (χ2v) is 5.26. The molecule has 1 saturated heterocycles. The van der Waals surface area contributed by atoms with E-state index in [0.29, 0.717) is 21.3 Å². The highest BCUT2D eigenvalue weighted by Gasteiger charge is 2.21. The number of hydrogen-bond acceptors (Lipinski definition) is 3. The Kier molecular flexibility index (Phi) is 3.68. The third-order valence-corrected chi connectivity index (χ3v) is 4.08. The maximum Gasteiger partial charge on any atom is 0.336 e. The predicted octanol–water partition coefficient (Wildman–Crippen LogP) is 2.21. The summed E-state index contributed by atoms with van der Waals surface area (Å²) in [7, 11) is 0.581. The fourth-order valence-electron chi connectivity index (χ4n) is 1.86. The summed E-state index contributed by atoms with van der Waals surface area (Å²) < 4.78 is 5.44. The van der Waals surface area contributed by atoms with Crippen molar-refractivity contribution in [3.63, 3.8) is 0 Å². The SMILES string of the molecule is O=C(O)c1cccc(C2CC[Si]OC2)c1S. The lowest BCUT2D eigenvalue weighted by Crippen LogP contribution is -2.18. The highest BCUT2D eigenvalue weighted by Crippen LogP contribution is 2.31. The molecule has 84 valence electrons. The minimum absolute atomic E-state index is 0.272. The van der Waals surface area contributed by atoms with E-state index in [9.17, 15) is 4.79 Å². The van der Waals surface area contributed by atoms with Gasteiger partial charge >= 0.3 is 5.97 Å². The summed E-state index contributed by atoms with van der Waals surface area (Å²) in [5.74, 6) is -0.640. The van der Waals surface area contributed by atoms with Crippen LogP contribution in [0.5, 0.6) is 0 Å². The third-order valence-electron chi connectivity index (χ3n) is 2.72. The molecule has 1 N–H and O–H groups in total. The third kappa shape index (κ3) is 2.31. The summed E-state index contributed by atoms with van der Waals surface area (Å²) in [5, 5.41) is 9.01. The smallest absolute Gasteiger partial charge is 0.336 e. The topological polar surface area (TPSA) is 46.5 Å². The van der Waals surface area contributed by atoms with Crippen molar-refractivity contribution in [3.8, 4) is 0 Å². The Morgan fingerprint density at radius 3 is 3.00 bits per heavy atom. The Morgan fingerprint density at radius 2 is 2.38 bits per heavy atom. The van der Waals surface area contributed by atoms with Crippen molar-refractivity contribution in [2.24, 2.45) is 0 Å². The fourth-order valence-corrected chi connectivity index (χ4v) is 3.21. The van der Waals surface area contributed by atoms with Gasteiger partial charge in [-0.25, -0.2) is 4.79 Å². The average Bonchev–Trinajstić information content (AvgIpc) is 2.30. The zero-order valence-electron chi connectivity index (χ0n) is 8.64. The molecular weight excluding hydrogens is 240 g/mol. The molecule has 0 amide bonds. The first-order valence-corrected chi connectivity index (χ1v) is 6.66. The summed E-state index contributed by atoms with van der Waals surface area (Å²) in [4.78, 5) is 11.6. The number of carbonyl (C=O) groups is 1. The monoisotopic (exact) mass is 252 g/mol. The Hall–Kier alpha value is -0.783. The van der Waals surface area contributed by atoms with Crippen molar-refractivity contribution < 1.29 is 14.3 Å². The molecule has 5 heteroatoms. The summed E-state index contributed by atoms with van der Waals surface area (Å²) in [5.41, 5.74) is 1.27. The van der Waals surface area contributed by atoms with Gasteiger partial charge in [0.05, 0.1) is 5.56 Å². The van der Waals surface area contributed by atoms with Crippen LogP contribution in [0.2, 0.25) is 6.04 Å². The zero-order chi connectivity index (χ0) is 11.5. The van der Waals surface area contributed by atoms with Crippen LogP contribution in [0.1, 0.15) is 28.3 Å². The molecule has 0 aliphatic carbocycles. The van der Waals surface area contributed by atoms with Gasteiger partial charge in [0.15, 0.2) is 0 Å². The largest absolute Gasteiger partial charge is 0.478 e. The first-order valence-electron chi connectivity index (χ1n) is 5.10. The van der Waals surface area contributed by atoms with Gasteiger partial charge in [-0.1, -0.05) is 12.1 Å². The number of aromatic carboxylic acids is 1. The van der Waals surface area contributed by atoms with Gasteiger partial charge in [0.25, 0.3) is 0 Å². The molecule has 1 atom stereocenters. The Balaban J connectivity index is 2.33. The van der Waals surface area contributed by atoms with Crippen LogP contribution in [-0.4, -0.2) is 27.4 Å². The highest BCUT2D eigenvalue weighted by molar-refractivity contribution is 7.80. The molecular formula is C11H12O3SSi. The molecule has 3 nitrogen and oxygen atoms in total. The van der Waals surface area contributed by atoms with E-state index in [1.165, 1.54) is 0 Å². The quantitative estimate of drug-likeness (QED) is 0.626. The summed E-state index contributed by atoms with van der Waals surface area (Å²) in [6.45, 7) is 0.676. The number of benzene rings is 1. The molecule has 1 aliphatic rings. The van der Waals surface area contributed by atoms with Crippen molar-refractivity contribution in [1.29, 1.82) is 0 Å². The van der Waals surface area contributed by atoms with Crippen molar-refractivity contribution in [2.75, 3.05) is 6.61 Å². The van der Waals surface area contributed by atoms with E-state index in [-0.39, 0.29) is 11.5 Å². The number of carboxylic acids is 1. The van der Waals surface area contributed by atoms with E-state index >= 15 is 0 Å². The molecule has 16 heavy (non-hydrogen) atoms. The van der Waals surface area contributed by atoms with Gasteiger partial charge in [0, 0.05) is 17.4 Å². The van der Waals surface area contributed by atoms with Crippen LogP contribution in [0.15, 0.2) is 23.1 Å². The summed E-state index contributed by atoms with van der Waals surface area (Å²) in [6, 6.07) is 6.35. The summed E-state index contributed by atoms with van der Waals surface area (Å²) in [6.07, 6.45) is 1.05. The van der Waals surface area contributed by atoms with Gasteiger partial charge < -0.3 is 9.53 Å². The lowest BCUT2D eigenvalue weighted by molar-refractivity contribution is 0.0692. The molecule has 0 saturated carbocycles. The normalized spacial score (nSPS) is 20.7. The van der Waals surface area contributed by atoms with Crippen molar-refractivity contribution in [1.82, 2.24) is 0 Å². The molecule has 1 aromatic carbocycles. The second-order valence-electron chi connectivity index (χ2n) is 3.74. The predicted molar refractivity (Wildman–Crippen MR) is 64.5 cm³/mol. The average molecular weight is 252 g/mol. The van der Waals surface area contributed by atoms with Crippen LogP contribution in [0, 0.1) is 0 Å². The molecule has 0 bridgehead atoms. The van der Waals surface area contributed by atoms with E-state index < -0.39 is 5.97 Å². The van der Waals surface area contributed by atoms with E-state index in [2.05, 4.69) is 12.6 Å². The maximum atomic E-state index is 11.0. The van der Waals surface area contributed by atoms with Crippen LogP contribution >= 0.6 is 12.6 Å². The number of rotatable bonds is 2. The standard InChI is InChI=1S/C11H12O3SSi/c12-11(13)9-3-1-2-8(10(9)15)7-4-5-16-14-6-7/h1-3,7,15H,4-6H2,(H,12,13). The first kappa shape index (κ1) is 11.7. The number of hydrogen-bond donors (Lipinski definition) is 2. The molecule has 0 spiro atoms. The number of thiol groups is 1. The lowest BCUT2D eigenvalue weighted by atomic mass is 9.95. The Morgan fingerprint density at radius 1 is 1.56 bits per heavy atom. The van der Waals surface area contributed by atoms with Crippen LogP contribution in [-0.2, 0) is 4.43 Å². The number of carboxylic acid groups (broad SMARTS) is 1. The Labute approximate surface area is 102 Å². The van der Waals surface area contributed by atoms with E-state index in [1.54, 1.807) is 12.1 Å². The molecule has 1 aliphatic heterocycles. The maximum absolute atomic E-state index is 11.0. The minimum atomic E-state index is -0.926. The van der Waals surface area contributed by atoms with E-state index in [1.807, 2.05) is 6.07 Å². The Bertz CT molecular complexity index is 402. The second kappa shape index (κ2) is 5.03. The first-order chi connectivity index (χ1) is 7.70. The van der Waals surface area contributed by atoms with Gasteiger partial charge in [0.1, 0.15) is 0 Å². The molecule has 1 aromatic rings. The van der Waals surface area contributed by atoms with Crippen LogP contribution in [0.25, 0.3) is 0 Å². The van der Waals surface area contributed by atoms with Gasteiger partial charge in [-0.15, -0.1) is 12.6 Å². The lowest BCUT2D eigenvalue weighted by Gasteiger charge is -2.23. The van der Waals surface area contributed by atoms with E-state index in [4.69, 9.17) is 9.53 Å². The van der Waals surface area contributed by atoms with Gasteiger partial charge in [-0.2, -0.15) is 0 Å². The van der Waals surface area contributed by atoms with E-state index in [0.717, 1.165) is 18.0 Å². The zero-order valence-corrected chi connectivity index (χ0v) is 10.5. The molecule has 1 fully saturated rings. The van der Waals surface area contributed by atoms with Crippen molar-refractivity contribution >= 4 is 28.4 Å². The molecule has 2 radical (unpaired) electrons. The minimum Gasteiger partial charge on any atom is -0.478 e. The fraction of sp³-hybridized carbons (Fsp3) is 0.364. The van der Waals surface area contributed by atoms with Crippen molar-refractivity contribution in [2.45, 2.75) is 23.3 Å². The summed E-state index contributed by atoms with van der Waals surface area (Å²) >= 11 is 4.33. The molecule has 1 heterocycles. The van der Waals surface area contributed by atoms with Crippen molar-refractivity contribution in [3.05, 3.63) is 29.3 Å². The van der Waals surface area contributed by atoms with Crippen LogP contribution in [0.3, 0.4) is 0 Å². The molecule has 0 aromatic heterocycles. The molecule has 1 unspecified atom stereocenters. The highest BCUT2D eigenvalue weighted by atomic mass is 32.1. The van der Waals surface area contributed by atoms with Crippen LogP contribution < -0.4 is 0 Å². The van der Waals surface area contributed by atoms with Crippen LogP contribution in [0.4, 0.5) is 0 Å². The van der Waals surface area contributed by atoms with Gasteiger partial charge in [0.2, 0.25) is 9.76 Å².